The van der Waals surface area contributed by atoms with Gasteiger partial charge in [-0.1, -0.05) is 13.8 Å². The van der Waals surface area contributed by atoms with Gasteiger partial charge in [-0.15, -0.1) is 11.3 Å². The van der Waals surface area contributed by atoms with E-state index in [1.54, 1.807) is 11.3 Å². The predicted octanol–water partition coefficient (Wildman–Crippen LogP) is 2.82. The minimum absolute atomic E-state index is 0.00210. The normalized spacial score (nSPS) is 12.5. The zero-order chi connectivity index (χ0) is 16.0. The number of carbonyl (C=O) groups is 2. The smallest absolute Gasteiger partial charge is 0.220 e. The minimum atomic E-state index is -0.0935. The second-order valence-corrected chi connectivity index (χ2v) is 7.34. The van der Waals surface area contributed by atoms with Gasteiger partial charge in [0.1, 0.15) is 0 Å². The van der Waals surface area contributed by atoms with Crippen molar-refractivity contribution >= 4 is 23.0 Å². The maximum Gasteiger partial charge on any atom is 0.220 e. The number of amides is 1. The van der Waals surface area contributed by atoms with Crippen LogP contribution in [0.2, 0.25) is 0 Å². The zero-order valence-corrected chi connectivity index (χ0v) is 14.2. The van der Waals surface area contributed by atoms with Crippen LogP contribution in [-0.4, -0.2) is 24.3 Å². The number of nitrogens with two attached hydrogens (primary N) is 1. The number of Topliss-reactive ketones (excluding diaryl/α,β-unsaturated/α-hetero) is 1. The van der Waals surface area contributed by atoms with Crippen molar-refractivity contribution in [3.63, 3.8) is 0 Å². The molecular formula is C16H26N2O2S. The molecule has 3 N–H and O–H groups in total. The van der Waals surface area contributed by atoms with E-state index in [0.29, 0.717) is 12.5 Å². The van der Waals surface area contributed by atoms with Crippen molar-refractivity contribution in [2.75, 3.05) is 6.54 Å². The molecule has 0 aliphatic carbocycles. The molecule has 118 valence electrons. The van der Waals surface area contributed by atoms with E-state index in [2.05, 4.69) is 19.2 Å². The molecule has 0 saturated heterocycles. The topological polar surface area (TPSA) is 72.2 Å². The molecule has 4 nitrogen and oxygen atoms in total. The van der Waals surface area contributed by atoms with Crippen LogP contribution in [-0.2, 0) is 4.79 Å². The Morgan fingerprint density at radius 3 is 2.43 bits per heavy atom. The van der Waals surface area contributed by atoms with Crippen molar-refractivity contribution in [1.29, 1.82) is 0 Å². The van der Waals surface area contributed by atoms with E-state index in [1.807, 2.05) is 19.9 Å². The van der Waals surface area contributed by atoms with Gasteiger partial charge in [-0.05, 0) is 32.3 Å². The summed E-state index contributed by atoms with van der Waals surface area (Å²) in [6.45, 7) is 8.55. The summed E-state index contributed by atoms with van der Waals surface area (Å²) in [5.74, 6) is 0.432. The summed E-state index contributed by atoms with van der Waals surface area (Å²) in [6, 6.07) is 1.90. The van der Waals surface area contributed by atoms with E-state index in [0.717, 1.165) is 21.7 Å². The fraction of sp³-hybridized carbons (Fsp3) is 0.625. The van der Waals surface area contributed by atoms with Crippen molar-refractivity contribution in [1.82, 2.24) is 5.32 Å². The first-order chi connectivity index (χ1) is 9.83. The van der Waals surface area contributed by atoms with Crippen LogP contribution >= 0.6 is 11.3 Å². The molecule has 1 unspecified atom stereocenters. The number of aryl methyl sites for hydroxylation is 2. The summed E-state index contributed by atoms with van der Waals surface area (Å²) in [4.78, 5) is 26.2. The molecule has 21 heavy (non-hydrogen) atoms. The molecule has 1 amide bonds. The molecule has 0 saturated carbocycles. The van der Waals surface area contributed by atoms with Crippen LogP contribution in [0, 0.1) is 19.8 Å². The van der Waals surface area contributed by atoms with Crippen LogP contribution in [0.3, 0.4) is 0 Å². The summed E-state index contributed by atoms with van der Waals surface area (Å²) < 4.78 is 0. The average molecular weight is 310 g/mol. The largest absolute Gasteiger partial charge is 0.352 e. The molecular weight excluding hydrogens is 284 g/mol. The Balaban J connectivity index is 2.45. The first-order valence-corrected chi connectivity index (χ1v) is 8.24. The number of hydrogen-bond donors (Lipinski definition) is 2. The third-order valence-corrected chi connectivity index (χ3v) is 4.29. The number of nitrogens with one attached hydrogen (secondary N) is 1. The Hall–Kier alpha value is -1.20. The van der Waals surface area contributed by atoms with E-state index in [-0.39, 0.29) is 30.6 Å². The molecule has 1 aromatic rings. The molecule has 0 bridgehead atoms. The fourth-order valence-electron chi connectivity index (χ4n) is 2.35. The number of carbonyl (C=O) groups excluding carboxylic acids is 2. The second-order valence-electron chi connectivity index (χ2n) is 5.88. The van der Waals surface area contributed by atoms with Gasteiger partial charge in [-0.2, -0.15) is 0 Å². The fourth-order valence-corrected chi connectivity index (χ4v) is 3.29. The molecule has 0 aliphatic rings. The van der Waals surface area contributed by atoms with Crippen molar-refractivity contribution in [3.8, 4) is 0 Å². The molecule has 0 spiro atoms. The van der Waals surface area contributed by atoms with Gasteiger partial charge in [0.25, 0.3) is 0 Å². The van der Waals surface area contributed by atoms with Gasteiger partial charge in [0.05, 0.1) is 0 Å². The van der Waals surface area contributed by atoms with Gasteiger partial charge in [-0.25, -0.2) is 0 Å². The number of hydrogen-bond acceptors (Lipinski definition) is 4. The third kappa shape index (κ3) is 5.98. The predicted molar refractivity (Wildman–Crippen MR) is 87.8 cm³/mol. The molecule has 0 aliphatic heterocycles. The van der Waals surface area contributed by atoms with Crippen LogP contribution in [0.25, 0.3) is 0 Å². The van der Waals surface area contributed by atoms with Crippen molar-refractivity contribution in [3.05, 3.63) is 21.4 Å². The van der Waals surface area contributed by atoms with Gasteiger partial charge in [0, 0.05) is 40.7 Å². The van der Waals surface area contributed by atoms with E-state index in [4.69, 9.17) is 5.73 Å². The Labute approximate surface area is 131 Å². The zero-order valence-electron chi connectivity index (χ0n) is 13.4. The molecule has 0 fully saturated rings. The first kappa shape index (κ1) is 17.9. The van der Waals surface area contributed by atoms with E-state index >= 15 is 0 Å². The highest BCUT2D eigenvalue weighted by Crippen LogP contribution is 2.22. The lowest BCUT2D eigenvalue weighted by atomic mass is 10.0. The van der Waals surface area contributed by atoms with E-state index in [9.17, 15) is 9.59 Å². The van der Waals surface area contributed by atoms with Crippen LogP contribution < -0.4 is 11.1 Å². The van der Waals surface area contributed by atoms with Crippen LogP contribution in [0.15, 0.2) is 6.07 Å². The highest BCUT2D eigenvalue weighted by Gasteiger charge is 2.16. The Morgan fingerprint density at radius 1 is 1.29 bits per heavy atom. The highest BCUT2D eigenvalue weighted by atomic mass is 32.1. The maximum absolute atomic E-state index is 12.1. The number of thiophene rings is 1. The quantitative estimate of drug-likeness (QED) is 0.725. The molecule has 5 heteroatoms. The van der Waals surface area contributed by atoms with Crippen LogP contribution in [0.4, 0.5) is 0 Å². The Morgan fingerprint density at radius 2 is 1.95 bits per heavy atom. The summed E-state index contributed by atoms with van der Waals surface area (Å²) in [5, 5.41) is 2.91. The molecule has 1 rings (SSSR count). The van der Waals surface area contributed by atoms with Gasteiger partial charge in [0.2, 0.25) is 5.91 Å². The van der Waals surface area contributed by atoms with Crippen molar-refractivity contribution in [2.24, 2.45) is 11.7 Å². The van der Waals surface area contributed by atoms with Gasteiger partial charge in [-0.3, -0.25) is 9.59 Å². The molecule has 0 aromatic carbocycles. The summed E-state index contributed by atoms with van der Waals surface area (Å²) in [6.07, 6.45) is 1.34. The van der Waals surface area contributed by atoms with E-state index < -0.39 is 0 Å². The lowest BCUT2D eigenvalue weighted by Gasteiger charge is -2.18. The van der Waals surface area contributed by atoms with Crippen LogP contribution in [0.5, 0.6) is 0 Å². The molecule has 0 radical (unpaired) electrons. The summed E-state index contributed by atoms with van der Waals surface area (Å²) in [7, 11) is 0. The Bertz CT molecular complexity index is 494. The lowest BCUT2D eigenvalue weighted by Crippen LogP contribution is -2.41. The first-order valence-electron chi connectivity index (χ1n) is 7.43. The standard InChI is InChI=1S/C16H26N2O2S/c1-10(2)7-13(9-17)18-16(20)6-5-15(19)14-8-11(3)21-12(14)4/h8,10,13H,5-7,9,17H2,1-4H3,(H,18,20). The number of rotatable bonds is 8. The third-order valence-electron chi connectivity index (χ3n) is 3.33. The monoisotopic (exact) mass is 310 g/mol. The minimum Gasteiger partial charge on any atom is -0.352 e. The van der Waals surface area contributed by atoms with Gasteiger partial charge in [0.15, 0.2) is 5.78 Å². The lowest BCUT2D eigenvalue weighted by molar-refractivity contribution is -0.121. The average Bonchev–Trinajstić information content (AvgIpc) is 2.73. The van der Waals surface area contributed by atoms with Gasteiger partial charge >= 0.3 is 0 Å². The Kier molecular flexibility index (Phi) is 7.05. The summed E-state index contributed by atoms with van der Waals surface area (Å²) >= 11 is 1.61. The van der Waals surface area contributed by atoms with Crippen molar-refractivity contribution in [2.45, 2.75) is 53.0 Å². The van der Waals surface area contributed by atoms with E-state index in [1.165, 1.54) is 0 Å². The molecule has 1 atom stereocenters. The molecule has 1 heterocycles. The van der Waals surface area contributed by atoms with Crippen LogP contribution in [0.1, 0.15) is 53.2 Å². The maximum atomic E-state index is 12.1. The van der Waals surface area contributed by atoms with Gasteiger partial charge < -0.3 is 11.1 Å². The summed E-state index contributed by atoms with van der Waals surface area (Å²) in [5.41, 5.74) is 6.41. The molecule has 1 aromatic heterocycles. The second kappa shape index (κ2) is 8.29. The highest BCUT2D eigenvalue weighted by molar-refractivity contribution is 7.12. The SMILES string of the molecule is Cc1cc(C(=O)CCC(=O)NC(CN)CC(C)C)c(C)s1. The van der Waals surface area contributed by atoms with Crippen molar-refractivity contribution < 1.29 is 9.59 Å². The number of ketones is 1.